The second kappa shape index (κ2) is 4.99. The lowest BCUT2D eigenvalue weighted by molar-refractivity contribution is 1.36. The lowest BCUT2D eigenvalue weighted by atomic mass is 10.3. The summed E-state index contributed by atoms with van der Waals surface area (Å²) in [6.45, 7) is 4.69. The highest BCUT2D eigenvalue weighted by atomic mass is 28.3. The van der Waals surface area contributed by atoms with E-state index >= 15 is 0 Å². The Kier molecular flexibility index (Phi) is 3.42. The van der Waals surface area contributed by atoms with Crippen LogP contribution in [0.15, 0.2) is 60.7 Å². The monoisotopic (exact) mass is 227 g/mol. The topological polar surface area (TPSA) is 3.24 Å². The first-order chi connectivity index (χ1) is 7.79. The van der Waals surface area contributed by atoms with E-state index in [0.717, 1.165) is 0 Å². The Labute approximate surface area is 99.0 Å². The second-order valence-electron chi connectivity index (χ2n) is 4.13. The van der Waals surface area contributed by atoms with Crippen molar-refractivity contribution in [2.45, 2.75) is 13.1 Å². The average molecular weight is 227 g/mol. The van der Waals surface area contributed by atoms with Gasteiger partial charge in [-0.25, -0.2) is 0 Å². The molecule has 0 amide bonds. The fourth-order valence-corrected chi connectivity index (χ4v) is 3.46. The number of hydrogen-bond acceptors (Lipinski definition) is 1. The van der Waals surface area contributed by atoms with E-state index in [-0.39, 0.29) is 0 Å². The number of benzene rings is 2. The fourth-order valence-electron chi connectivity index (χ4n) is 1.92. The van der Waals surface area contributed by atoms with Crippen molar-refractivity contribution in [3.8, 4) is 0 Å². The maximum Gasteiger partial charge on any atom is 0.140 e. The highest BCUT2D eigenvalue weighted by Crippen LogP contribution is 2.25. The Morgan fingerprint density at radius 2 is 1.06 bits per heavy atom. The van der Waals surface area contributed by atoms with Crippen molar-refractivity contribution < 1.29 is 0 Å². The SMILES string of the molecule is C[SiH](C)N(c1ccccc1)c1ccccc1. The van der Waals surface area contributed by atoms with Crippen LogP contribution in [0.2, 0.25) is 13.1 Å². The maximum absolute atomic E-state index is 2.47. The van der Waals surface area contributed by atoms with Gasteiger partial charge in [-0.1, -0.05) is 49.5 Å². The zero-order chi connectivity index (χ0) is 11.4. The molecule has 2 heteroatoms. The summed E-state index contributed by atoms with van der Waals surface area (Å²) in [7, 11) is -0.905. The second-order valence-corrected chi connectivity index (χ2v) is 6.84. The lowest BCUT2D eigenvalue weighted by Gasteiger charge is -2.28. The van der Waals surface area contributed by atoms with E-state index in [0.29, 0.717) is 0 Å². The summed E-state index contributed by atoms with van der Waals surface area (Å²) in [6, 6.07) is 21.2. The molecule has 2 aromatic rings. The van der Waals surface area contributed by atoms with Crippen molar-refractivity contribution in [2.75, 3.05) is 4.57 Å². The van der Waals surface area contributed by atoms with Crippen LogP contribution in [0.1, 0.15) is 0 Å². The molecule has 1 nitrogen and oxygen atoms in total. The minimum atomic E-state index is -0.905. The first-order valence-electron chi connectivity index (χ1n) is 5.68. The van der Waals surface area contributed by atoms with Gasteiger partial charge in [-0.05, 0) is 24.3 Å². The summed E-state index contributed by atoms with van der Waals surface area (Å²) < 4.78 is 2.47. The van der Waals surface area contributed by atoms with Crippen molar-refractivity contribution in [1.82, 2.24) is 0 Å². The third kappa shape index (κ3) is 2.34. The van der Waals surface area contributed by atoms with Gasteiger partial charge in [-0.2, -0.15) is 0 Å². The van der Waals surface area contributed by atoms with Crippen LogP contribution in [0, 0.1) is 0 Å². The molecule has 0 heterocycles. The number of nitrogens with zero attached hydrogens (tertiary/aromatic N) is 1. The highest BCUT2D eigenvalue weighted by Gasteiger charge is 2.12. The summed E-state index contributed by atoms with van der Waals surface area (Å²) in [5.74, 6) is 0. The molecule has 82 valence electrons. The molecule has 0 aliphatic heterocycles. The van der Waals surface area contributed by atoms with Crippen molar-refractivity contribution in [3.63, 3.8) is 0 Å². The number of anilines is 2. The average Bonchev–Trinajstić information content (AvgIpc) is 2.31. The molecule has 0 aromatic heterocycles. The molecule has 0 N–H and O–H groups in total. The standard InChI is InChI=1S/C14H17NSi/c1-16(2)15(13-9-5-3-6-10-13)14-11-7-4-8-12-14/h3-12,16H,1-2H3. The van der Waals surface area contributed by atoms with Crippen molar-refractivity contribution in [1.29, 1.82) is 0 Å². The van der Waals surface area contributed by atoms with E-state index in [4.69, 9.17) is 0 Å². The quantitative estimate of drug-likeness (QED) is 0.721. The highest BCUT2D eigenvalue weighted by molar-refractivity contribution is 6.62. The Hall–Kier alpha value is -1.54. The molecule has 0 aliphatic rings. The predicted molar refractivity (Wildman–Crippen MR) is 73.9 cm³/mol. The third-order valence-corrected chi connectivity index (χ3v) is 4.21. The number of rotatable bonds is 3. The van der Waals surface area contributed by atoms with E-state index in [1.54, 1.807) is 0 Å². The van der Waals surface area contributed by atoms with Gasteiger partial charge in [0, 0.05) is 11.4 Å². The Morgan fingerprint density at radius 1 is 0.688 bits per heavy atom. The van der Waals surface area contributed by atoms with Gasteiger partial charge in [0.15, 0.2) is 0 Å². The van der Waals surface area contributed by atoms with Gasteiger partial charge >= 0.3 is 0 Å². The van der Waals surface area contributed by atoms with Gasteiger partial charge in [0.05, 0.1) is 0 Å². The molecule has 2 rings (SSSR count). The minimum absolute atomic E-state index is 0.905. The third-order valence-electron chi connectivity index (χ3n) is 2.59. The van der Waals surface area contributed by atoms with Crippen molar-refractivity contribution in [3.05, 3.63) is 60.7 Å². The molecule has 0 spiro atoms. The van der Waals surface area contributed by atoms with Crippen LogP contribution < -0.4 is 4.57 Å². The van der Waals surface area contributed by atoms with Crippen LogP contribution in [0.5, 0.6) is 0 Å². The van der Waals surface area contributed by atoms with Crippen LogP contribution in [0.25, 0.3) is 0 Å². The minimum Gasteiger partial charge on any atom is -0.372 e. The molecular weight excluding hydrogens is 210 g/mol. The van der Waals surface area contributed by atoms with Gasteiger partial charge in [0.25, 0.3) is 0 Å². The van der Waals surface area contributed by atoms with Gasteiger partial charge in [-0.3, -0.25) is 0 Å². The summed E-state index contributed by atoms with van der Waals surface area (Å²) in [4.78, 5) is 0. The molecular formula is C14H17NSi. The summed E-state index contributed by atoms with van der Waals surface area (Å²) in [5.41, 5.74) is 2.60. The van der Waals surface area contributed by atoms with Crippen LogP contribution in [0.4, 0.5) is 11.4 Å². The van der Waals surface area contributed by atoms with E-state index in [2.05, 4.69) is 78.3 Å². The maximum atomic E-state index is 2.47. The summed E-state index contributed by atoms with van der Waals surface area (Å²) in [6.07, 6.45) is 0. The molecule has 0 radical (unpaired) electrons. The Balaban J connectivity index is 2.40. The lowest BCUT2D eigenvalue weighted by Crippen LogP contribution is -2.29. The Morgan fingerprint density at radius 3 is 1.38 bits per heavy atom. The summed E-state index contributed by atoms with van der Waals surface area (Å²) in [5, 5.41) is 0. The molecule has 2 aromatic carbocycles. The van der Waals surface area contributed by atoms with Crippen LogP contribution in [-0.2, 0) is 0 Å². The van der Waals surface area contributed by atoms with Gasteiger partial charge in [0.2, 0.25) is 0 Å². The zero-order valence-corrected chi connectivity index (χ0v) is 11.0. The van der Waals surface area contributed by atoms with Crippen LogP contribution in [-0.4, -0.2) is 8.96 Å². The smallest absolute Gasteiger partial charge is 0.140 e. The van der Waals surface area contributed by atoms with Gasteiger partial charge in [-0.15, -0.1) is 0 Å². The van der Waals surface area contributed by atoms with Crippen LogP contribution >= 0.6 is 0 Å². The first kappa shape index (κ1) is 11.0. The van der Waals surface area contributed by atoms with E-state index in [1.165, 1.54) is 11.4 Å². The van der Waals surface area contributed by atoms with E-state index in [9.17, 15) is 0 Å². The van der Waals surface area contributed by atoms with Gasteiger partial charge in [0.1, 0.15) is 8.96 Å². The molecule has 0 atom stereocenters. The van der Waals surface area contributed by atoms with Crippen molar-refractivity contribution >= 4 is 20.3 Å². The van der Waals surface area contributed by atoms with Crippen molar-refractivity contribution in [2.24, 2.45) is 0 Å². The molecule has 0 saturated heterocycles. The number of para-hydroxylation sites is 2. The summed E-state index contributed by atoms with van der Waals surface area (Å²) >= 11 is 0. The molecule has 0 bridgehead atoms. The van der Waals surface area contributed by atoms with Crippen LogP contribution in [0.3, 0.4) is 0 Å². The van der Waals surface area contributed by atoms with E-state index in [1.807, 2.05) is 0 Å². The molecule has 0 fully saturated rings. The molecule has 0 saturated carbocycles. The zero-order valence-electron chi connectivity index (χ0n) is 9.80. The van der Waals surface area contributed by atoms with Gasteiger partial charge < -0.3 is 4.57 Å². The molecule has 0 unspecified atom stereocenters. The largest absolute Gasteiger partial charge is 0.372 e. The Bertz CT molecular complexity index is 386. The first-order valence-corrected chi connectivity index (χ1v) is 8.51. The fraction of sp³-hybridized carbons (Fsp3) is 0.143. The molecule has 0 aliphatic carbocycles. The van der Waals surface area contributed by atoms with E-state index < -0.39 is 8.96 Å². The number of hydrogen-bond donors (Lipinski definition) is 0. The normalized spacial score (nSPS) is 10.4. The molecule has 16 heavy (non-hydrogen) atoms. The predicted octanol–water partition coefficient (Wildman–Crippen LogP) is 3.81.